The van der Waals surface area contributed by atoms with Crippen LogP contribution in [0.15, 0.2) is 41.7 Å². The zero-order valence-electron chi connectivity index (χ0n) is 19.4. The summed E-state index contributed by atoms with van der Waals surface area (Å²) in [6.07, 6.45) is 6.53. The van der Waals surface area contributed by atoms with Crippen molar-refractivity contribution in [2.45, 2.75) is 87.0 Å². The van der Waals surface area contributed by atoms with Crippen molar-refractivity contribution in [1.82, 2.24) is 0 Å². The quantitative estimate of drug-likeness (QED) is 0.565. The minimum atomic E-state index is -0.119. The van der Waals surface area contributed by atoms with E-state index in [0.717, 1.165) is 29.5 Å². The maximum absolute atomic E-state index is 10.9. The highest BCUT2D eigenvalue weighted by molar-refractivity contribution is 5.46. The molecule has 0 aromatic heterocycles. The normalized spacial score (nSPS) is 21.3. The van der Waals surface area contributed by atoms with E-state index in [2.05, 4.69) is 68.4 Å². The van der Waals surface area contributed by atoms with Crippen molar-refractivity contribution in [3.63, 3.8) is 0 Å². The van der Waals surface area contributed by atoms with E-state index in [-0.39, 0.29) is 21.7 Å². The van der Waals surface area contributed by atoms with E-state index in [1.807, 2.05) is 24.3 Å². The lowest BCUT2D eigenvalue weighted by atomic mass is 9.57. The molecule has 1 aromatic rings. The zero-order valence-corrected chi connectivity index (χ0v) is 19.4. The Morgan fingerprint density at radius 1 is 0.964 bits per heavy atom. The van der Waals surface area contributed by atoms with Gasteiger partial charge in [-0.05, 0) is 57.3 Å². The lowest BCUT2D eigenvalue weighted by Crippen LogP contribution is -2.38. The van der Waals surface area contributed by atoms with Gasteiger partial charge in [0.05, 0.1) is 0 Å². The van der Waals surface area contributed by atoms with Crippen LogP contribution in [0.5, 0.6) is 5.75 Å². The first-order chi connectivity index (χ1) is 12.6. The molecule has 0 aliphatic heterocycles. The summed E-state index contributed by atoms with van der Waals surface area (Å²) in [4.78, 5) is 0. The maximum atomic E-state index is 10.9. The number of aliphatic hydroxyl groups excluding tert-OH is 1. The first-order valence-corrected chi connectivity index (χ1v) is 10.5. The van der Waals surface area contributed by atoms with E-state index in [9.17, 15) is 10.2 Å². The third-order valence-electron chi connectivity index (χ3n) is 6.40. The monoisotopic (exact) mass is 384 g/mol. The van der Waals surface area contributed by atoms with Crippen molar-refractivity contribution in [2.75, 3.05) is 0 Å². The Balaban J connectivity index is 2.35. The van der Waals surface area contributed by atoms with Gasteiger partial charge in [0.15, 0.2) is 0 Å². The molecule has 0 saturated heterocycles. The smallest absolute Gasteiger partial charge is 0.122 e. The number of rotatable bonds is 4. The summed E-state index contributed by atoms with van der Waals surface area (Å²) in [6.45, 7) is 20.2. The van der Waals surface area contributed by atoms with Gasteiger partial charge in [0, 0.05) is 6.42 Å². The summed E-state index contributed by atoms with van der Waals surface area (Å²) in [6, 6.07) is 5.97. The van der Waals surface area contributed by atoms with Crippen LogP contribution < -0.4 is 0 Å². The molecule has 1 atom stereocenters. The molecule has 0 heterocycles. The zero-order chi connectivity index (χ0) is 21.5. The minimum Gasteiger partial charge on any atom is -0.508 e. The molecule has 1 aliphatic rings. The van der Waals surface area contributed by atoms with Crippen LogP contribution in [-0.2, 0) is 11.8 Å². The summed E-state index contributed by atoms with van der Waals surface area (Å²) in [5, 5.41) is 21.5. The average Bonchev–Trinajstić information content (AvgIpc) is 2.49. The van der Waals surface area contributed by atoms with Crippen LogP contribution in [0.2, 0.25) is 0 Å². The van der Waals surface area contributed by atoms with E-state index < -0.39 is 0 Å². The van der Waals surface area contributed by atoms with Gasteiger partial charge in [-0.3, -0.25) is 0 Å². The Kier molecular flexibility index (Phi) is 5.87. The second kappa shape index (κ2) is 7.28. The minimum absolute atomic E-state index is 0.0426. The number of benzene rings is 1. The van der Waals surface area contributed by atoms with Crippen LogP contribution in [0, 0.1) is 16.2 Å². The molecule has 1 aliphatic carbocycles. The summed E-state index contributed by atoms with van der Waals surface area (Å²) in [5.41, 5.74) is 3.01. The van der Waals surface area contributed by atoms with E-state index in [1.165, 1.54) is 0 Å². The molecule has 156 valence electrons. The second-order valence-electron chi connectivity index (χ2n) is 11.8. The topological polar surface area (TPSA) is 40.5 Å². The van der Waals surface area contributed by atoms with Gasteiger partial charge in [0.25, 0.3) is 0 Å². The van der Waals surface area contributed by atoms with E-state index in [4.69, 9.17) is 0 Å². The molecule has 1 aromatic carbocycles. The van der Waals surface area contributed by atoms with Crippen molar-refractivity contribution in [1.29, 1.82) is 0 Å². The van der Waals surface area contributed by atoms with Crippen LogP contribution in [-0.4, -0.2) is 10.2 Å². The second-order valence-corrected chi connectivity index (χ2v) is 11.8. The van der Waals surface area contributed by atoms with Crippen molar-refractivity contribution in [2.24, 2.45) is 16.2 Å². The van der Waals surface area contributed by atoms with Gasteiger partial charge in [-0.1, -0.05) is 86.6 Å². The number of phenolic OH excluding ortho intramolecular Hbond substituents is 1. The van der Waals surface area contributed by atoms with E-state index in [1.54, 1.807) is 0 Å². The number of aromatic hydroxyl groups is 1. The predicted octanol–water partition coefficient (Wildman–Crippen LogP) is 7.47. The van der Waals surface area contributed by atoms with Gasteiger partial charge in [0.2, 0.25) is 0 Å². The number of hydrogen-bond acceptors (Lipinski definition) is 2. The molecular formula is C26H40O2. The highest BCUT2D eigenvalue weighted by atomic mass is 16.3. The third-order valence-corrected chi connectivity index (χ3v) is 6.40. The largest absolute Gasteiger partial charge is 0.508 e. The molecule has 2 nitrogen and oxygen atoms in total. The van der Waals surface area contributed by atoms with Gasteiger partial charge in [0.1, 0.15) is 11.5 Å². The maximum Gasteiger partial charge on any atom is 0.122 e. The number of allylic oxidation sites excluding steroid dienone is 3. The molecule has 0 spiro atoms. The summed E-state index contributed by atoms with van der Waals surface area (Å²) in [5.74, 6) is 0.713. The van der Waals surface area contributed by atoms with Gasteiger partial charge in [-0.15, -0.1) is 0 Å². The van der Waals surface area contributed by atoms with Crippen molar-refractivity contribution < 1.29 is 10.2 Å². The first-order valence-electron chi connectivity index (χ1n) is 10.5. The van der Waals surface area contributed by atoms with Gasteiger partial charge in [-0.2, -0.15) is 0 Å². The average molecular weight is 385 g/mol. The van der Waals surface area contributed by atoms with Crippen LogP contribution >= 0.6 is 0 Å². The lowest BCUT2D eigenvalue weighted by molar-refractivity contribution is 0.0793. The number of aliphatic hydroxyl groups is 1. The lowest BCUT2D eigenvalue weighted by Gasteiger charge is -2.47. The molecule has 0 radical (unpaired) electrons. The Bertz CT molecular complexity index is 782. The van der Waals surface area contributed by atoms with Crippen LogP contribution in [0.3, 0.4) is 0 Å². The number of phenols is 1. The molecule has 0 saturated carbocycles. The molecule has 28 heavy (non-hydrogen) atoms. The summed E-state index contributed by atoms with van der Waals surface area (Å²) in [7, 11) is 0. The molecule has 2 rings (SSSR count). The highest BCUT2D eigenvalue weighted by Gasteiger charge is 2.43. The number of para-hydroxylation sites is 1. The fourth-order valence-corrected chi connectivity index (χ4v) is 4.69. The number of hydrogen-bond donors (Lipinski definition) is 2. The molecule has 1 unspecified atom stereocenters. The Hall–Kier alpha value is -1.70. The third kappa shape index (κ3) is 4.82. The van der Waals surface area contributed by atoms with Crippen molar-refractivity contribution >= 4 is 0 Å². The molecule has 0 bridgehead atoms. The van der Waals surface area contributed by atoms with Crippen molar-refractivity contribution in [3.8, 4) is 5.75 Å². The van der Waals surface area contributed by atoms with Gasteiger partial charge >= 0.3 is 0 Å². The Morgan fingerprint density at radius 2 is 1.57 bits per heavy atom. The SMILES string of the molecule is CC(C)(C)CC(C)(C)C1(C)C=CC(O)=C(Cc2cccc(C(C)(C)C)c2O)C1. The Labute approximate surface area is 172 Å². The van der Waals surface area contributed by atoms with E-state index in [0.29, 0.717) is 17.9 Å². The molecule has 0 fully saturated rings. The van der Waals surface area contributed by atoms with Crippen molar-refractivity contribution in [3.05, 3.63) is 52.8 Å². The molecule has 0 amide bonds. The van der Waals surface area contributed by atoms with Crippen LogP contribution in [0.1, 0.15) is 86.3 Å². The van der Waals surface area contributed by atoms with Crippen LogP contribution in [0.25, 0.3) is 0 Å². The highest BCUT2D eigenvalue weighted by Crippen LogP contribution is 2.53. The standard InChI is InChI=1S/C26H40O2/c1-23(2,3)17-25(7,8)26(9)14-13-21(27)19(16-26)15-18-11-10-12-20(22(18)28)24(4,5)6/h10-14,27-28H,15-17H2,1-9H3. The molecule has 2 heteroatoms. The van der Waals surface area contributed by atoms with E-state index >= 15 is 0 Å². The van der Waals surface area contributed by atoms with Gasteiger partial charge in [-0.25, -0.2) is 0 Å². The fourth-order valence-electron chi connectivity index (χ4n) is 4.69. The van der Waals surface area contributed by atoms with Crippen LogP contribution in [0.4, 0.5) is 0 Å². The molecule has 2 N–H and O–H groups in total. The predicted molar refractivity (Wildman–Crippen MR) is 120 cm³/mol. The molecular weight excluding hydrogens is 344 g/mol. The summed E-state index contributed by atoms with van der Waals surface area (Å²) >= 11 is 0. The fraction of sp³-hybridized carbons (Fsp3) is 0.615. The Morgan fingerprint density at radius 3 is 2.11 bits per heavy atom. The summed E-state index contributed by atoms with van der Waals surface area (Å²) < 4.78 is 0. The van der Waals surface area contributed by atoms with Gasteiger partial charge < -0.3 is 10.2 Å². The first kappa shape index (κ1) is 22.6.